The quantitative estimate of drug-likeness (QED) is 0.751. The van der Waals surface area contributed by atoms with E-state index >= 15 is 0 Å². The Balaban J connectivity index is 1.94. The molecule has 3 aromatic rings. The second-order valence-electron chi connectivity index (χ2n) is 3.88. The third-order valence-corrected chi connectivity index (χ3v) is 2.76. The maximum atomic E-state index is 13.1. The molecule has 96 valence electrons. The van der Waals surface area contributed by atoms with Crippen LogP contribution in [0.3, 0.4) is 0 Å². The number of hydrogen-bond donors (Lipinski definition) is 1. The zero-order valence-electron chi connectivity index (χ0n) is 9.45. The van der Waals surface area contributed by atoms with E-state index < -0.39 is 11.6 Å². The highest BCUT2D eigenvalue weighted by Gasteiger charge is 2.08. The number of nitrogens with zero attached hydrogens (tertiary/aromatic N) is 1. The molecule has 0 saturated carbocycles. The molecule has 0 aliphatic carbocycles. The largest absolute Gasteiger partial charge is 0.423 e. The van der Waals surface area contributed by atoms with Gasteiger partial charge in [-0.3, -0.25) is 0 Å². The number of benzene rings is 2. The van der Waals surface area contributed by atoms with Gasteiger partial charge < -0.3 is 9.73 Å². The van der Waals surface area contributed by atoms with Crippen molar-refractivity contribution in [1.82, 2.24) is 4.98 Å². The second-order valence-corrected chi connectivity index (χ2v) is 4.32. The summed E-state index contributed by atoms with van der Waals surface area (Å²) < 4.78 is 31.2. The van der Waals surface area contributed by atoms with Gasteiger partial charge in [-0.1, -0.05) is 11.6 Å². The van der Waals surface area contributed by atoms with Crippen LogP contribution in [0.4, 0.5) is 20.5 Å². The van der Waals surface area contributed by atoms with E-state index in [0.717, 1.165) is 12.1 Å². The number of anilines is 2. The van der Waals surface area contributed by atoms with Crippen LogP contribution < -0.4 is 5.32 Å². The van der Waals surface area contributed by atoms with Crippen molar-refractivity contribution in [2.75, 3.05) is 5.32 Å². The van der Waals surface area contributed by atoms with Gasteiger partial charge >= 0.3 is 0 Å². The van der Waals surface area contributed by atoms with Gasteiger partial charge in [0.1, 0.15) is 5.52 Å². The van der Waals surface area contributed by atoms with Gasteiger partial charge in [0.25, 0.3) is 6.01 Å². The van der Waals surface area contributed by atoms with E-state index in [1.165, 1.54) is 6.07 Å². The number of aromatic nitrogens is 1. The van der Waals surface area contributed by atoms with E-state index in [-0.39, 0.29) is 6.01 Å². The van der Waals surface area contributed by atoms with Crippen LogP contribution >= 0.6 is 11.6 Å². The van der Waals surface area contributed by atoms with Crippen LogP contribution in [0.25, 0.3) is 11.1 Å². The summed E-state index contributed by atoms with van der Waals surface area (Å²) in [7, 11) is 0. The van der Waals surface area contributed by atoms with Crippen molar-refractivity contribution in [3.63, 3.8) is 0 Å². The number of halogens is 3. The molecule has 0 spiro atoms. The normalized spacial score (nSPS) is 10.9. The van der Waals surface area contributed by atoms with Crippen molar-refractivity contribution in [2.45, 2.75) is 0 Å². The molecule has 0 aliphatic rings. The van der Waals surface area contributed by atoms with E-state index in [1.807, 2.05) is 0 Å². The summed E-state index contributed by atoms with van der Waals surface area (Å²) in [6.45, 7) is 0. The second kappa shape index (κ2) is 4.51. The van der Waals surface area contributed by atoms with Crippen molar-refractivity contribution in [1.29, 1.82) is 0 Å². The Kier molecular flexibility index (Phi) is 2.83. The fourth-order valence-electron chi connectivity index (χ4n) is 1.65. The summed E-state index contributed by atoms with van der Waals surface area (Å²) in [6, 6.07) is 8.64. The molecule has 0 fully saturated rings. The Morgan fingerprint density at radius 3 is 2.68 bits per heavy atom. The molecule has 3 nitrogen and oxygen atoms in total. The molecule has 0 unspecified atom stereocenters. The Bertz CT molecular complexity index is 757. The highest BCUT2D eigenvalue weighted by molar-refractivity contribution is 6.31. The monoisotopic (exact) mass is 280 g/mol. The molecule has 0 bridgehead atoms. The molecule has 6 heteroatoms. The summed E-state index contributed by atoms with van der Waals surface area (Å²) in [6.07, 6.45) is 0. The lowest BCUT2D eigenvalue weighted by molar-refractivity contribution is 0.509. The summed E-state index contributed by atoms with van der Waals surface area (Å²) >= 11 is 5.83. The molecule has 0 atom stereocenters. The Morgan fingerprint density at radius 1 is 1.05 bits per heavy atom. The topological polar surface area (TPSA) is 38.1 Å². The first kappa shape index (κ1) is 11.9. The van der Waals surface area contributed by atoms with Gasteiger partial charge in [0.2, 0.25) is 0 Å². The Labute approximate surface area is 111 Å². The van der Waals surface area contributed by atoms with Gasteiger partial charge in [-0.25, -0.2) is 8.78 Å². The highest BCUT2D eigenvalue weighted by Crippen LogP contribution is 2.25. The van der Waals surface area contributed by atoms with Crippen LogP contribution in [-0.2, 0) is 0 Å². The van der Waals surface area contributed by atoms with Crippen LogP contribution in [0.15, 0.2) is 40.8 Å². The average molecular weight is 281 g/mol. The van der Waals surface area contributed by atoms with Gasteiger partial charge in [0.15, 0.2) is 17.2 Å². The third-order valence-electron chi connectivity index (χ3n) is 2.52. The summed E-state index contributed by atoms with van der Waals surface area (Å²) in [5.41, 5.74) is 1.48. The first-order valence-corrected chi connectivity index (χ1v) is 5.78. The SMILES string of the molecule is Fc1ccc(Nc2nc3ccc(Cl)cc3o2)cc1F. The molecule has 0 aliphatic heterocycles. The predicted octanol–water partition coefficient (Wildman–Crippen LogP) is 4.50. The molecule has 2 aromatic carbocycles. The van der Waals surface area contributed by atoms with Gasteiger partial charge in [-0.15, -0.1) is 0 Å². The van der Waals surface area contributed by atoms with Crippen molar-refractivity contribution < 1.29 is 13.2 Å². The lowest BCUT2D eigenvalue weighted by Crippen LogP contribution is -1.92. The summed E-state index contributed by atoms with van der Waals surface area (Å²) in [5, 5.41) is 3.28. The number of fused-ring (bicyclic) bond motifs is 1. The average Bonchev–Trinajstić information content (AvgIpc) is 2.75. The van der Waals surface area contributed by atoms with Crippen molar-refractivity contribution in [3.8, 4) is 0 Å². The van der Waals surface area contributed by atoms with Crippen LogP contribution in [0, 0.1) is 11.6 Å². The lowest BCUT2D eigenvalue weighted by Gasteiger charge is -2.01. The predicted molar refractivity (Wildman–Crippen MR) is 68.7 cm³/mol. The maximum Gasteiger partial charge on any atom is 0.300 e. The molecule has 19 heavy (non-hydrogen) atoms. The molecule has 1 N–H and O–H groups in total. The van der Waals surface area contributed by atoms with Crippen molar-refractivity contribution in [3.05, 3.63) is 53.1 Å². The zero-order valence-corrected chi connectivity index (χ0v) is 10.2. The first-order chi connectivity index (χ1) is 9.11. The smallest absolute Gasteiger partial charge is 0.300 e. The molecule has 1 aromatic heterocycles. The Hall–Kier alpha value is -2.14. The minimum atomic E-state index is -0.941. The molecular formula is C13H7ClF2N2O. The van der Waals surface area contributed by atoms with Gasteiger partial charge in [0.05, 0.1) is 0 Å². The number of oxazole rings is 1. The molecule has 0 radical (unpaired) electrons. The minimum absolute atomic E-state index is 0.184. The van der Waals surface area contributed by atoms with E-state index in [0.29, 0.717) is 21.8 Å². The Morgan fingerprint density at radius 2 is 1.89 bits per heavy atom. The van der Waals surface area contributed by atoms with E-state index in [2.05, 4.69) is 10.3 Å². The highest BCUT2D eigenvalue weighted by atomic mass is 35.5. The van der Waals surface area contributed by atoms with E-state index in [4.69, 9.17) is 16.0 Å². The summed E-state index contributed by atoms with van der Waals surface area (Å²) in [4.78, 5) is 4.15. The van der Waals surface area contributed by atoms with Gasteiger partial charge in [0, 0.05) is 22.8 Å². The fraction of sp³-hybridized carbons (Fsp3) is 0. The molecular weight excluding hydrogens is 274 g/mol. The number of hydrogen-bond acceptors (Lipinski definition) is 3. The van der Waals surface area contributed by atoms with Crippen molar-refractivity contribution in [2.24, 2.45) is 0 Å². The lowest BCUT2D eigenvalue weighted by atomic mass is 10.3. The molecule has 0 saturated heterocycles. The van der Waals surface area contributed by atoms with Gasteiger partial charge in [-0.2, -0.15) is 4.98 Å². The zero-order chi connectivity index (χ0) is 13.4. The van der Waals surface area contributed by atoms with Crippen LogP contribution in [-0.4, -0.2) is 4.98 Å². The minimum Gasteiger partial charge on any atom is -0.423 e. The molecule has 0 amide bonds. The van der Waals surface area contributed by atoms with Gasteiger partial charge in [-0.05, 0) is 24.3 Å². The summed E-state index contributed by atoms with van der Waals surface area (Å²) in [5.74, 6) is -1.85. The maximum absolute atomic E-state index is 13.1. The standard InChI is InChI=1S/C13H7ClF2N2O/c14-7-1-4-11-12(5-7)19-13(18-11)17-8-2-3-9(15)10(16)6-8/h1-6H,(H,17,18). The van der Waals surface area contributed by atoms with Crippen LogP contribution in [0.2, 0.25) is 5.02 Å². The third kappa shape index (κ3) is 2.37. The first-order valence-electron chi connectivity index (χ1n) is 5.40. The van der Waals surface area contributed by atoms with Crippen LogP contribution in [0.5, 0.6) is 0 Å². The van der Waals surface area contributed by atoms with E-state index in [9.17, 15) is 8.78 Å². The molecule has 3 rings (SSSR count). The van der Waals surface area contributed by atoms with Crippen molar-refractivity contribution >= 4 is 34.4 Å². The fourth-order valence-corrected chi connectivity index (χ4v) is 1.81. The number of nitrogens with one attached hydrogen (secondary N) is 1. The molecule has 1 heterocycles. The number of rotatable bonds is 2. The van der Waals surface area contributed by atoms with Crippen LogP contribution in [0.1, 0.15) is 0 Å². The van der Waals surface area contributed by atoms with E-state index in [1.54, 1.807) is 18.2 Å².